The van der Waals surface area contributed by atoms with Gasteiger partial charge < -0.3 is 14.2 Å². The van der Waals surface area contributed by atoms with Gasteiger partial charge in [0.25, 0.3) is 0 Å². The van der Waals surface area contributed by atoms with E-state index >= 15 is 0 Å². The molecule has 0 bridgehead atoms. The predicted octanol–water partition coefficient (Wildman–Crippen LogP) is 1.31. The van der Waals surface area contributed by atoms with Crippen molar-refractivity contribution in [2.24, 2.45) is 0 Å². The first-order valence-corrected chi connectivity index (χ1v) is 6.00. The molecular formula is C10H16O5S. The maximum atomic E-state index is 11.6. The van der Waals surface area contributed by atoms with Crippen LogP contribution in [0.3, 0.4) is 0 Å². The van der Waals surface area contributed by atoms with E-state index in [1.165, 1.54) is 18.7 Å². The van der Waals surface area contributed by atoms with Crippen LogP contribution in [0.15, 0.2) is 0 Å². The van der Waals surface area contributed by atoms with E-state index in [4.69, 9.17) is 14.2 Å². The average Bonchev–Trinajstić information content (AvgIpc) is 2.48. The number of rotatable bonds is 2. The fourth-order valence-electron chi connectivity index (χ4n) is 1.10. The Labute approximate surface area is 98.8 Å². The summed E-state index contributed by atoms with van der Waals surface area (Å²) in [6.45, 7) is 6.66. The standard InChI is InChI=1S/C10H16O5S/c1-6(11)13-7-5-16-9(14-7)8(12)15-10(2,3)4/h7,9H,5H2,1-4H3/t7-,9+/m0/s1. The SMILES string of the molecule is CC(=O)O[C@@H]1CS[C@H](C(=O)OC(C)(C)C)O1. The van der Waals surface area contributed by atoms with Crippen LogP contribution >= 0.6 is 11.8 Å². The molecule has 0 N–H and O–H groups in total. The Morgan fingerprint density at radius 1 is 1.38 bits per heavy atom. The molecule has 0 radical (unpaired) electrons. The summed E-state index contributed by atoms with van der Waals surface area (Å²) in [5.74, 6) is -0.411. The lowest BCUT2D eigenvalue weighted by Crippen LogP contribution is -2.31. The zero-order valence-electron chi connectivity index (χ0n) is 9.81. The van der Waals surface area contributed by atoms with E-state index in [2.05, 4.69) is 0 Å². The van der Waals surface area contributed by atoms with Crippen molar-refractivity contribution in [2.45, 2.75) is 45.0 Å². The molecule has 16 heavy (non-hydrogen) atoms. The first-order chi connectivity index (χ1) is 7.28. The lowest BCUT2D eigenvalue weighted by atomic mass is 10.2. The zero-order valence-corrected chi connectivity index (χ0v) is 10.6. The second-order valence-electron chi connectivity index (χ2n) is 4.37. The molecule has 92 valence electrons. The minimum absolute atomic E-state index is 0.421. The quantitative estimate of drug-likeness (QED) is 0.687. The smallest absolute Gasteiger partial charge is 0.346 e. The van der Waals surface area contributed by atoms with Crippen molar-refractivity contribution in [1.29, 1.82) is 0 Å². The van der Waals surface area contributed by atoms with Crippen LogP contribution in [0.1, 0.15) is 27.7 Å². The minimum atomic E-state index is -0.705. The second kappa shape index (κ2) is 5.05. The van der Waals surface area contributed by atoms with E-state index in [0.717, 1.165) is 0 Å². The Kier molecular flexibility index (Phi) is 4.21. The van der Waals surface area contributed by atoms with Gasteiger partial charge in [-0.2, -0.15) is 0 Å². The average molecular weight is 248 g/mol. The molecule has 1 rings (SSSR count). The Balaban J connectivity index is 2.41. The summed E-state index contributed by atoms with van der Waals surface area (Å²) in [6, 6.07) is 0. The summed E-state index contributed by atoms with van der Waals surface area (Å²) in [7, 11) is 0. The normalized spacial score (nSPS) is 25.2. The van der Waals surface area contributed by atoms with Crippen LogP contribution in [0.4, 0.5) is 0 Å². The van der Waals surface area contributed by atoms with Crippen molar-refractivity contribution < 1.29 is 23.8 Å². The monoisotopic (exact) mass is 248 g/mol. The lowest BCUT2D eigenvalue weighted by Gasteiger charge is -2.21. The number of hydrogen-bond donors (Lipinski definition) is 0. The number of hydrogen-bond acceptors (Lipinski definition) is 6. The minimum Gasteiger partial charge on any atom is -0.457 e. The van der Waals surface area contributed by atoms with Gasteiger partial charge in [-0.3, -0.25) is 4.79 Å². The molecule has 1 aliphatic heterocycles. The highest BCUT2D eigenvalue weighted by Gasteiger charge is 2.36. The number of thioether (sulfide) groups is 1. The molecular weight excluding hydrogens is 232 g/mol. The molecule has 0 amide bonds. The van der Waals surface area contributed by atoms with E-state index in [1.807, 2.05) is 0 Å². The van der Waals surface area contributed by atoms with E-state index in [9.17, 15) is 9.59 Å². The Bertz CT molecular complexity index is 283. The summed E-state index contributed by atoms with van der Waals surface area (Å²) in [5, 5.41) is 0. The van der Waals surface area contributed by atoms with Crippen molar-refractivity contribution >= 4 is 23.7 Å². The molecule has 1 fully saturated rings. The van der Waals surface area contributed by atoms with Gasteiger partial charge in [0.1, 0.15) is 5.60 Å². The van der Waals surface area contributed by atoms with Gasteiger partial charge in [0.05, 0.1) is 5.75 Å². The Morgan fingerprint density at radius 2 is 2.00 bits per heavy atom. The summed E-state index contributed by atoms with van der Waals surface area (Å²) in [4.78, 5) is 22.3. The van der Waals surface area contributed by atoms with Gasteiger partial charge in [-0.05, 0) is 20.8 Å². The molecule has 1 saturated heterocycles. The molecule has 2 atom stereocenters. The molecule has 1 heterocycles. The first kappa shape index (κ1) is 13.3. The van der Waals surface area contributed by atoms with Crippen molar-refractivity contribution in [3.05, 3.63) is 0 Å². The van der Waals surface area contributed by atoms with Crippen LogP contribution in [0.5, 0.6) is 0 Å². The van der Waals surface area contributed by atoms with E-state index < -0.39 is 29.3 Å². The summed E-state index contributed by atoms with van der Waals surface area (Å²) in [5.41, 5.74) is -1.25. The summed E-state index contributed by atoms with van der Waals surface area (Å²) >= 11 is 1.27. The molecule has 0 spiro atoms. The zero-order chi connectivity index (χ0) is 12.3. The van der Waals surface area contributed by atoms with Crippen molar-refractivity contribution in [3.8, 4) is 0 Å². The largest absolute Gasteiger partial charge is 0.457 e. The number of ether oxygens (including phenoxy) is 3. The lowest BCUT2D eigenvalue weighted by molar-refractivity contribution is -0.185. The Morgan fingerprint density at radius 3 is 2.50 bits per heavy atom. The molecule has 0 saturated carbocycles. The van der Waals surface area contributed by atoms with Gasteiger partial charge in [-0.25, -0.2) is 4.79 Å². The number of carbonyl (C=O) groups excluding carboxylic acids is 2. The molecule has 1 aliphatic rings. The third-order valence-corrected chi connectivity index (χ3v) is 2.63. The predicted molar refractivity (Wildman–Crippen MR) is 58.7 cm³/mol. The van der Waals surface area contributed by atoms with Crippen LogP contribution in [0, 0.1) is 0 Å². The maximum Gasteiger partial charge on any atom is 0.346 e. The van der Waals surface area contributed by atoms with Crippen LogP contribution in [0.25, 0.3) is 0 Å². The molecule has 5 nitrogen and oxygen atoms in total. The highest BCUT2D eigenvalue weighted by atomic mass is 32.2. The molecule has 0 aromatic heterocycles. The van der Waals surface area contributed by atoms with Crippen LogP contribution in [0.2, 0.25) is 0 Å². The van der Waals surface area contributed by atoms with Gasteiger partial charge in [-0.15, -0.1) is 11.8 Å². The van der Waals surface area contributed by atoms with Crippen molar-refractivity contribution in [2.75, 3.05) is 5.75 Å². The fourth-order valence-corrected chi connectivity index (χ4v) is 1.97. The van der Waals surface area contributed by atoms with E-state index in [-0.39, 0.29) is 0 Å². The van der Waals surface area contributed by atoms with Gasteiger partial charge >= 0.3 is 11.9 Å². The third-order valence-electron chi connectivity index (χ3n) is 1.56. The first-order valence-electron chi connectivity index (χ1n) is 4.95. The fraction of sp³-hybridized carbons (Fsp3) is 0.800. The Hall–Kier alpha value is -0.750. The number of esters is 2. The molecule has 0 aliphatic carbocycles. The highest BCUT2D eigenvalue weighted by Crippen LogP contribution is 2.28. The van der Waals surface area contributed by atoms with Gasteiger partial charge in [0.15, 0.2) is 0 Å². The third kappa shape index (κ3) is 4.40. The molecule has 0 unspecified atom stereocenters. The van der Waals surface area contributed by atoms with Gasteiger partial charge in [0.2, 0.25) is 11.7 Å². The second-order valence-corrected chi connectivity index (χ2v) is 5.47. The maximum absolute atomic E-state index is 11.6. The molecule has 0 aromatic carbocycles. The summed E-state index contributed by atoms with van der Waals surface area (Å²) < 4.78 is 15.2. The van der Waals surface area contributed by atoms with E-state index in [1.54, 1.807) is 20.8 Å². The van der Waals surface area contributed by atoms with Crippen molar-refractivity contribution in [1.82, 2.24) is 0 Å². The molecule has 6 heteroatoms. The highest BCUT2D eigenvalue weighted by molar-refractivity contribution is 8.00. The van der Waals surface area contributed by atoms with E-state index in [0.29, 0.717) is 5.75 Å². The van der Waals surface area contributed by atoms with Crippen LogP contribution in [-0.2, 0) is 23.8 Å². The molecule has 0 aromatic rings. The topological polar surface area (TPSA) is 61.8 Å². The van der Waals surface area contributed by atoms with Crippen molar-refractivity contribution in [3.63, 3.8) is 0 Å². The van der Waals surface area contributed by atoms with Gasteiger partial charge in [-0.1, -0.05) is 0 Å². The van der Waals surface area contributed by atoms with Crippen LogP contribution in [-0.4, -0.2) is 35.0 Å². The van der Waals surface area contributed by atoms with Gasteiger partial charge in [0, 0.05) is 6.92 Å². The van der Waals surface area contributed by atoms with Crippen LogP contribution < -0.4 is 0 Å². The number of carbonyl (C=O) groups is 2. The summed E-state index contributed by atoms with van der Waals surface area (Å²) in [6.07, 6.45) is -0.653.